The van der Waals surface area contributed by atoms with Gasteiger partial charge in [-0.3, -0.25) is 4.90 Å². The average molecular weight is 262 g/mol. The van der Waals surface area contributed by atoms with Crippen LogP contribution in [-0.4, -0.2) is 31.1 Å². The molecular weight excluding hydrogens is 232 g/mol. The maximum absolute atomic E-state index is 5.67. The predicted octanol–water partition coefficient (Wildman–Crippen LogP) is 3.04. The zero-order chi connectivity index (χ0) is 13.5. The first-order valence-corrected chi connectivity index (χ1v) is 8.22. The molecule has 0 aromatic heterocycles. The molecule has 1 saturated heterocycles. The summed E-state index contributed by atoms with van der Waals surface area (Å²) in [4.78, 5) is 2.69. The van der Waals surface area contributed by atoms with Gasteiger partial charge in [0, 0.05) is 6.54 Å². The van der Waals surface area contributed by atoms with Gasteiger partial charge in [0.15, 0.2) is 0 Å². The van der Waals surface area contributed by atoms with Gasteiger partial charge in [-0.1, -0.05) is 25.5 Å². The van der Waals surface area contributed by atoms with Crippen molar-refractivity contribution >= 4 is 0 Å². The number of hydrogen-bond acceptors (Lipinski definition) is 2. The summed E-state index contributed by atoms with van der Waals surface area (Å²) >= 11 is 0. The first-order chi connectivity index (χ1) is 9.11. The molecule has 0 spiro atoms. The number of likely N-dealkylation sites (tertiary alicyclic amines) is 1. The van der Waals surface area contributed by atoms with Gasteiger partial charge < -0.3 is 5.73 Å². The third kappa shape index (κ3) is 2.50. The molecule has 0 aromatic rings. The highest BCUT2D eigenvalue weighted by Crippen LogP contribution is 2.59. The molecule has 1 saturated carbocycles. The maximum Gasteiger partial charge on any atom is 0.0195 e. The monoisotopic (exact) mass is 262 g/mol. The van der Waals surface area contributed by atoms with E-state index in [4.69, 9.17) is 5.73 Å². The molecule has 2 bridgehead atoms. The van der Waals surface area contributed by atoms with Gasteiger partial charge >= 0.3 is 0 Å². The van der Waals surface area contributed by atoms with Gasteiger partial charge in [-0.2, -0.15) is 0 Å². The Morgan fingerprint density at radius 1 is 1.32 bits per heavy atom. The van der Waals surface area contributed by atoms with Gasteiger partial charge in [-0.15, -0.1) is 0 Å². The minimum absolute atomic E-state index is 0.585. The normalized spacial score (nSPS) is 34.8. The first-order valence-electron chi connectivity index (χ1n) is 8.22. The summed E-state index contributed by atoms with van der Waals surface area (Å²) in [6.07, 6.45) is 9.32. The Morgan fingerprint density at radius 2 is 2.05 bits per heavy atom. The van der Waals surface area contributed by atoms with E-state index in [1.807, 2.05) is 0 Å². The summed E-state index contributed by atoms with van der Waals surface area (Å²) < 4.78 is 0. The quantitative estimate of drug-likeness (QED) is 0.789. The van der Waals surface area contributed by atoms with Crippen LogP contribution in [-0.2, 0) is 0 Å². The third-order valence-corrected chi connectivity index (χ3v) is 6.27. The van der Waals surface area contributed by atoms with Crippen molar-refractivity contribution in [2.24, 2.45) is 28.9 Å². The fourth-order valence-corrected chi connectivity index (χ4v) is 4.58. The van der Waals surface area contributed by atoms with Crippen LogP contribution in [0, 0.1) is 23.2 Å². The van der Waals surface area contributed by atoms with Crippen molar-refractivity contribution in [2.75, 3.05) is 26.2 Å². The molecule has 3 aliphatic carbocycles. The Hall–Kier alpha value is -0.340. The van der Waals surface area contributed by atoms with Crippen LogP contribution in [0.1, 0.15) is 46.0 Å². The molecule has 1 aliphatic heterocycles. The molecule has 4 rings (SSSR count). The zero-order valence-corrected chi connectivity index (χ0v) is 12.7. The second kappa shape index (κ2) is 5.21. The van der Waals surface area contributed by atoms with Gasteiger partial charge in [-0.05, 0) is 74.9 Å². The van der Waals surface area contributed by atoms with Gasteiger partial charge in [0.2, 0.25) is 0 Å². The molecule has 0 aromatic carbocycles. The van der Waals surface area contributed by atoms with Crippen LogP contribution in [0.15, 0.2) is 11.6 Å². The van der Waals surface area contributed by atoms with E-state index in [0.29, 0.717) is 5.41 Å². The third-order valence-electron chi connectivity index (χ3n) is 6.27. The first kappa shape index (κ1) is 13.6. The molecule has 0 radical (unpaired) electrons. The Labute approximate surface area is 118 Å². The molecular formula is C17H30N2. The number of nitrogens with zero attached hydrogens (tertiary/aromatic N) is 1. The molecule has 2 heteroatoms. The van der Waals surface area contributed by atoms with Crippen molar-refractivity contribution in [1.82, 2.24) is 4.90 Å². The van der Waals surface area contributed by atoms with Gasteiger partial charge in [0.05, 0.1) is 0 Å². The topological polar surface area (TPSA) is 29.3 Å². The lowest BCUT2D eigenvalue weighted by molar-refractivity contribution is -0.0115. The summed E-state index contributed by atoms with van der Waals surface area (Å²) in [6, 6.07) is 0. The van der Waals surface area contributed by atoms with Gasteiger partial charge in [0.1, 0.15) is 0 Å². The predicted molar refractivity (Wildman–Crippen MR) is 80.9 cm³/mol. The standard InChI is InChI=1S/C17H30N2/c1-17(2)15-4-3-14(16(17)11-15)12-19-9-6-13(5-8-18)7-10-19/h3,13,15-16H,4-12,18H2,1-2H3. The van der Waals surface area contributed by atoms with Crippen molar-refractivity contribution < 1.29 is 0 Å². The van der Waals surface area contributed by atoms with E-state index >= 15 is 0 Å². The van der Waals surface area contributed by atoms with E-state index in [0.717, 1.165) is 24.3 Å². The van der Waals surface area contributed by atoms with Crippen molar-refractivity contribution in [1.29, 1.82) is 0 Å². The number of piperidine rings is 1. The fraction of sp³-hybridized carbons (Fsp3) is 0.882. The van der Waals surface area contributed by atoms with Crippen molar-refractivity contribution in [3.05, 3.63) is 11.6 Å². The van der Waals surface area contributed by atoms with Gasteiger partial charge in [0.25, 0.3) is 0 Å². The average Bonchev–Trinajstić information content (AvgIpc) is 2.41. The second-order valence-electron chi connectivity index (χ2n) is 7.62. The van der Waals surface area contributed by atoms with Crippen LogP contribution in [0.3, 0.4) is 0 Å². The van der Waals surface area contributed by atoms with Crippen LogP contribution in [0.25, 0.3) is 0 Å². The van der Waals surface area contributed by atoms with E-state index in [9.17, 15) is 0 Å². The van der Waals surface area contributed by atoms with Crippen LogP contribution in [0.4, 0.5) is 0 Å². The number of nitrogens with two attached hydrogens (primary N) is 1. The van der Waals surface area contributed by atoms with E-state index in [-0.39, 0.29) is 0 Å². The number of rotatable bonds is 4. The van der Waals surface area contributed by atoms with Crippen molar-refractivity contribution in [3.63, 3.8) is 0 Å². The molecule has 1 heterocycles. The highest BCUT2D eigenvalue weighted by molar-refractivity contribution is 5.24. The Balaban J connectivity index is 1.52. The molecule has 2 N–H and O–H groups in total. The molecule has 108 valence electrons. The molecule has 2 unspecified atom stereocenters. The maximum atomic E-state index is 5.67. The molecule has 19 heavy (non-hydrogen) atoms. The SMILES string of the molecule is CC1(C)C2CC=C(CN3CCC(CCN)CC3)C1C2. The van der Waals surface area contributed by atoms with E-state index < -0.39 is 0 Å². The lowest BCUT2D eigenvalue weighted by Crippen LogP contribution is -2.50. The van der Waals surface area contributed by atoms with Crippen LogP contribution in [0.5, 0.6) is 0 Å². The summed E-state index contributed by atoms with van der Waals surface area (Å²) in [5.74, 6) is 2.75. The molecule has 4 aliphatic rings. The summed E-state index contributed by atoms with van der Waals surface area (Å²) in [7, 11) is 0. The summed E-state index contributed by atoms with van der Waals surface area (Å²) in [6.45, 7) is 9.65. The molecule has 2 atom stereocenters. The van der Waals surface area contributed by atoms with Crippen LogP contribution in [0.2, 0.25) is 0 Å². The van der Waals surface area contributed by atoms with Crippen molar-refractivity contribution in [3.8, 4) is 0 Å². The van der Waals surface area contributed by atoms with E-state index in [2.05, 4.69) is 24.8 Å². The Bertz CT molecular complexity index is 350. The van der Waals surface area contributed by atoms with Gasteiger partial charge in [-0.25, -0.2) is 0 Å². The summed E-state index contributed by atoms with van der Waals surface area (Å²) in [5.41, 5.74) is 8.01. The van der Waals surface area contributed by atoms with Crippen LogP contribution < -0.4 is 5.73 Å². The fourth-order valence-electron chi connectivity index (χ4n) is 4.58. The summed E-state index contributed by atoms with van der Waals surface area (Å²) in [5, 5.41) is 0. The Morgan fingerprint density at radius 3 is 2.63 bits per heavy atom. The lowest BCUT2D eigenvalue weighted by atomic mass is 9.49. The van der Waals surface area contributed by atoms with E-state index in [1.54, 1.807) is 5.57 Å². The van der Waals surface area contributed by atoms with E-state index in [1.165, 1.54) is 51.7 Å². The smallest absolute Gasteiger partial charge is 0.0195 e. The lowest BCUT2D eigenvalue weighted by Gasteiger charge is -2.57. The highest BCUT2D eigenvalue weighted by atomic mass is 15.1. The Kier molecular flexibility index (Phi) is 3.74. The molecule has 0 amide bonds. The second-order valence-corrected chi connectivity index (χ2v) is 7.62. The van der Waals surface area contributed by atoms with Crippen LogP contribution >= 0.6 is 0 Å². The molecule has 2 nitrogen and oxygen atoms in total. The minimum atomic E-state index is 0.585. The number of hydrogen-bond donors (Lipinski definition) is 1. The number of fused-ring (bicyclic) bond motifs is 1. The zero-order valence-electron chi connectivity index (χ0n) is 12.7. The highest BCUT2D eigenvalue weighted by Gasteiger charge is 2.51. The van der Waals surface area contributed by atoms with Crippen molar-refractivity contribution in [2.45, 2.75) is 46.0 Å². The minimum Gasteiger partial charge on any atom is -0.330 e. The number of allylic oxidation sites excluding steroid dienone is 1. The largest absolute Gasteiger partial charge is 0.330 e. The molecule has 2 fully saturated rings.